The van der Waals surface area contributed by atoms with Gasteiger partial charge in [-0.2, -0.15) is 0 Å². The minimum Gasteiger partial charge on any atom is -0.394 e. The standard InChI is InChI=1S/C21H26ClN5O4/c1-13-14(2)27-17-18(23-20(27)25(13)7-9-31-10-8-28)24(3)21(30)26(19(17)29)12-15-5-4-6-16(22)11-15/h4-6,11,17-18,28H,7-10,12H2,1-3H3. The lowest BCUT2D eigenvalue weighted by Gasteiger charge is -2.40. The Balaban J connectivity index is 1.59. The van der Waals surface area contributed by atoms with Crippen molar-refractivity contribution in [1.29, 1.82) is 0 Å². The van der Waals surface area contributed by atoms with Crippen LogP contribution in [0.5, 0.6) is 0 Å². The molecule has 166 valence electrons. The highest BCUT2D eigenvalue weighted by Crippen LogP contribution is 2.37. The van der Waals surface area contributed by atoms with E-state index in [4.69, 9.17) is 26.4 Å². The molecule has 0 bridgehead atoms. The largest absolute Gasteiger partial charge is 0.394 e. The number of hydrogen-bond acceptors (Lipinski definition) is 7. The van der Waals surface area contributed by atoms with Gasteiger partial charge in [-0.15, -0.1) is 0 Å². The van der Waals surface area contributed by atoms with E-state index in [1.807, 2.05) is 29.7 Å². The molecule has 0 aromatic heterocycles. The molecule has 31 heavy (non-hydrogen) atoms. The number of hydrogen-bond donors (Lipinski definition) is 1. The van der Waals surface area contributed by atoms with Gasteiger partial charge < -0.3 is 19.6 Å². The summed E-state index contributed by atoms with van der Waals surface area (Å²) in [5.74, 6) is 0.368. The summed E-state index contributed by atoms with van der Waals surface area (Å²) in [7, 11) is 1.67. The molecular formula is C21H26ClN5O4. The number of benzene rings is 1. The monoisotopic (exact) mass is 447 g/mol. The van der Waals surface area contributed by atoms with Crippen molar-refractivity contribution in [2.75, 3.05) is 33.4 Å². The first kappa shape index (κ1) is 21.6. The van der Waals surface area contributed by atoms with Gasteiger partial charge in [0.05, 0.1) is 26.4 Å². The minimum absolute atomic E-state index is 0.0328. The number of ether oxygens (including phenoxy) is 1. The number of rotatable bonds is 7. The van der Waals surface area contributed by atoms with Gasteiger partial charge in [0.1, 0.15) is 0 Å². The molecule has 1 saturated heterocycles. The van der Waals surface area contributed by atoms with Crippen LogP contribution in [0.15, 0.2) is 40.7 Å². The maximum Gasteiger partial charge on any atom is 0.328 e. The third-order valence-corrected chi connectivity index (χ3v) is 6.16. The number of guanidine groups is 1. The van der Waals surface area contributed by atoms with Gasteiger partial charge in [0, 0.05) is 30.0 Å². The molecule has 0 aliphatic carbocycles. The maximum atomic E-state index is 13.5. The summed E-state index contributed by atoms with van der Waals surface area (Å²) in [6.45, 7) is 5.26. The summed E-state index contributed by atoms with van der Waals surface area (Å²) in [6.07, 6.45) is -0.588. The van der Waals surface area contributed by atoms with Crippen molar-refractivity contribution in [3.8, 4) is 0 Å². The van der Waals surface area contributed by atoms with Crippen molar-refractivity contribution in [2.24, 2.45) is 4.99 Å². The molecule has 0 saturated carbocycles. The Labute approximate surface area is 186 Å². The molecule has 3 amide bonds. The van der Waals surface area contributed by atoms with Crippen molar-refractivity contribution in [1.82, 2.24) is 19.6 Å². The van der Waals surface area contributed by atoms with E-state index in [-0.39, 0.29) is 31.7 Å². The van der Waals surface area contributed by atoms with Crippen LogP contribution in [0.3, 0.4) is 0 Å². The Hall–Kier alpha value is -2.62. The lowest BCUT2D eigenvalue weighted by Crippen LogP contribution is -2.64. The zero-order chi connectivity index (χ0) is 22.3. The van der Waals surface area contributed by atoms with Gasteiger partial charge in [-0.25, -0.2) is 9.79 Å². The lowest BCUT2D eigenvalue weighted by molar-refractivity contribution is -0.137. The zero-order valence-corrected chi connectivity index (χ0v) is 18.5. The molecule has 3 heterocycles. The third kappa shape index (κ3) is 3.66. The van der Waals surface area contributed by atoms with Crippen LogP contribution in [-0.4, -0.2) is 88.2 Å². The van der Waals surface area contributed by atoms with E-state index >= 15 is 0 Å². The highest BCUT2D eigenvalue weighted by molar-refractivity contribution is 6.30. The summed E-state index contributed by atoms with van der Waals surface area (Å²) in [5.41, 5.74) is 2.69. The number of aliphatic hydroxyl groups is 1. The first-order valence-corrected chi connectivity index (χ1v) is 10.6. The summed E-state index contributed by atoms with van der Waals surface area (Å²) < 4.78 is 5.41. The molecule has 9 nitrogen and oxygen atoms in total. The summed E-state index contributed by atoms with van der Waals surface area (Å²) in [5, 5.41) is 9.46. The number of carbonyl (C=O) groups is 2. The number of aliphatic imine (C=N–C) groups is 1. The van der Waals surface area contributed by atoms with E-state index < -0.39 is 12.2 Å². The lowest BCUT2D eigenvalue weighted by atomic mass is 10.1. The van der Waals surface area contributed by atoms with Gasteiger partial charge in [-0.1, -0.05) is 23.7 Å². The fourth-order valence-corrected chi connectivity index (χ4v) is 4.45. The fourth-order valence-electron chi connectivity index (χ4n) is 4.23. The smallest absolute Gasteiger partial charge is 0.328 e. The van der Waals surface area contributed by atoms with E-state index in [2.05, 4.69) is 0 Å². The Morgan fingerprint density at radius 1 is 1.16 bits per heavy atom. The Morgan fingerprint density at radius 3 is 2.65 bits per heavy atom. The van der Waals surface area contributed by atoms with E-state index in [0.717, 1.165) is 17.0 Å². The second kappa shape index (κ2) is 8.49. The fraction of sp³-hybridized carbons (Fsp3) is 0.476. The van der Waals surface area contributed by atoms with Crippen molar-refractivity contribution in [2.45, 2.75) is 32.6 Å². The number of imide groups is 1. The number of halogens is 1. The van der Waals surface area contributed by atoms with Gasteiger partial charge in [-0.3, -0.25) is 14.6 Å². The number of allylic oxidation sites excluding steroid dienone is 2. The van der Waals surface area contributed by atoms with E-state index in [1.165, 1.54) is 9.80 Å². The number of carbonyl (C=O) groups excluding carboxylic acids is 2. The van der Waals surface area contributed by atoms with Gasteiger partial charge in [0.15, 0.2) is 12.2 Å². The molecular weight excluding hydrogens is 422 g/mol. The third-order valence-electron chi connectivity index (χ3n) is 5.93. The summed E-state index contributed by atoms with van der Waals surface area (Å²) in [4.78, 5) is 37.9. The van der Waals surface area contributed by atoms with Crippen LogP contribution < -0.4 is 0 Å². The predicted molar refractivity (Wildman–Crippen MR) is 115 cm³/mol. The van der Waals surface area contributed by atoms with Gasteiger partial charge in [-0.05, 0) is 31.5 Å². The molecule has 1 fully saturated rings. The van der Waals surface area contributed by atoms with Crippen molar-refractivity contribution < 1.29 is 19.4 Å². The first-order valence-electron chi connectivity index (χ1n) is 10.2. The second-order valence-corrected chi connectivity index (χ2v) is 8.20. The number of fused-ring (bicyclic) bond motifs is 3. The quantitative estimate of drug-likeness (QED) is 0.640. The van der Waals surface area contributed by atoms with E-state index in [1.54, 1.807) is 25.2 Å². The van der Waals surface area contributed by atoms with Crippen LogP contribution in [0.4, 0.5) is 4.79 Å². The number of nitrogens with zero attached hydrogens (tertiary/aromatic N) is 5. The van der Waals surface area contributed by atoms with Crippen molar-refractivity contribution >= 4 is 29.5 Å². The number of amides is 3. The number of urea groups is 1. The van der Waals surface area contributed by atoms with Gasteiger partial charge in [0.2, 0.25) is 5.96 Å². The molecule has 10 heteroatoms. The number of aliphatic hydroxyl groups excluding tert-OH is 1. The molecule has 4 rings (SSSR count). The van der Waals surface area contributed by atoms with Crippen molar-refractivity contribution in [3.63, 3.8) is 0 Å². The maximum absolute atomic E-state index is 13.5. The highest BCUT2D eigenvalue weighted by atomic mass is 35.5. The van der Waals surface area contributed by atoms with Crippen LogP contribution in [0, 0.1) is 0 Å². The predicted octanol–water partition coefficient (Wildman–Crippen LogP) is 1.68. The molecule has 3 aliphatic rings. The highest BCUT2D eigenvalue weighted by Gasteiger charge is 2.55. The molecule has 1 aromatic rings. The first-order chi connectivity index (χ1) is 14.8. The van der Waals surface area contributed by atoms with E-state index in [9.17, 15) is 9.59 Å². The zero-order valence-electron chi connectivity index (χ0n) is 17.8. The van der Waals surface area contributed by atoms with Crippen LogP contribution >= 0.6 is 11.6 Å². The summed E-state index contributed by atoms with van der Waals surface area (Å²) >= 11 is 6.08. The average molecular weight is 448 g/mol. The molecule has 0 radical (unpaired) electrons. The van der Waals surface area contributed by atoms with E-state index in [0.29, 0.717) is 24.1 Å². The Morgan fingerprint density at radius 2 is 1.94 bits per heavy atom. The Bertz CT molecular complexity index is 965. The SMILES string of the molecule is CC1=C(C)N2C(=NC3C2C(=O)N(Cc2cccc(Cl)c2)C(=O)N3C)N1CCOCCO. The summed E-state index contributed by atoms with van der Waals surface area (Å²) in [6, 6.07) is 6.15. The van der Waals surface area contributed by atoms with Crippen LogP contribution in [0.25, 0.3) is 0 Å². The van der Waals surface area contributed by atoms with Crippen LogP contribution in [0.1, 0.15) is 19.4 Å². The van der Waals surface area contributed by atoms with Crippen molar-refractivity contribution in [3.05, 3.63) is 46.2 Å². The van der Waals surface area contributed by atoms with Gasteiger partial charge >= 0.3 is 6.03 Å². The molecule has 3 aliphatic heterocycles. The molecule has 1 aromatic carbocycles. The minimum atomic E-state index is -0.616. The molecule has 2 atom stereocenters. The molecule has 0 spiro atoms. The second-order valence-electron chi connectivity index (χ2n) is 7.76. The van der Waals surface area contributed by atoms with Crippen LogP contribution in [-0.2, 0) is 16.1 Å². The topological polar surface area (TPSA) is 88.9 Å². The number of likely N-dealkylation sites (N-methyl/N-ethyl adjacent to an activating group) is 1. The molecule has 2 unspecified atom stereocenters. The average Bonchev–Trinajstić information content (AvgIpc) is 3.24. The normalized spacial score (nSPS) is 23.1. The van der Waals surface area contributed by atoms with Gasteiger partial charge in [0.25, 0.3) is 5.91 Å². The molecule has 1 N–H and O–H groups in total. The van der Waals surface area contributed by atoms with Crippen LogP contribution in [0.2, 0.25) is 5.02 Å². The Kier molecular flexibility index (Phi) is 5.92.